The average molecular weight is 636 g/mol. The second-order valence-corrected chi connectivity index (χ2v) is 11.6. The lowest BCUT2D eigenvalue weighted by atomic mass is 9.91. The lowest BCUT2D eigenvalue weighted by molar-refractivity contribution is -0.140. The summed E-state index contributed by atoms with van der Waals surface area (Å²) in [5, 5.41) is 9.41. The SMILES string of the molecule is C=C(F)C(=O)N1CCN(c2nc(OC[C@@H]3CCCN3C)nc3c2COC(c2c(F)c(N)cc(C)c2C(F)(F)F)C3)C[C@@H]1CC#N. The molecule has 0 saturated carbocycles. The van der Waals surface area contributed by atoms with Crippen LogP contribution < -0.4 is 15.4 Å². The Hall–Kier alpha value is -4.03. The summed E-state index contributed by atoms with van der Waals surface area (Å²) in [6.07, 6.45) is -4.63. The Morgan fingerprint density at radius 2 is 2.02 bits per heavy atom. The third-order valence-electron chi connectivity index (χ3n) is 8.67. The second kappa shape index (κ2) is 12.8. The van der Waals surface area contributed by atoms with E-state index in [2.05, 4.69) is 21.4 Å². The zero-order chi connectivity index (χ0) is 32.6. The number of halogens is 5. The molecule has 0 bridgehead atoms. The number of nitrogens with zero attached hydrogens (tertiary/aromatic N) is 6. The molecule has 1 aromatic heterocycles. The molecule has 5 rings (SSSR count). The number of likely N-dealkylation sites (N-methyl/N-ethyl adjacent to an activating group) is 1. The second-order valence-electron chi connectivity index (χ2n) is 11.6. The number of nitrogen functional groups attached to an aromatic ring is 1. The van der Waals surface area contributed by atoms with Crippen LogP contribution in [0.4, 0.5) is 33.5 Å². The molecular weight excluding hydrogens is 601 g/mol. The summed E-state index contributed by atoms with van der Waals surface area (Å²) in [7, 11) is 1.98. The van der Waals surface area contributed by atoms with Crippen molar-refractivity contribution >= 4 is 17.4 Å². The van der Waals surface area contributed by atoms with Gasteiger partial charge in [-0.05, 0) is 45.0 Å². The van der Waals surface area contributed by atoms with E-state index in [1.165, 1.54) is 11.8 Å². The van der Waals surface area contributed by atoms with E-state index in [0.29, 0.717) is 17.1 Å². The molecule has 0 aliphatic carbocycles. The van der Waals surface area contributed by atoms with Gasteiger partial charge in [0.2, 0.25) is 0 Å². The summed E-state index contributed by atoms with van der Waals surface area (Å²) >= 11 is 0. The minimum absolute atomic E-state index is 0.0163. The monoisotopic (exact) mass is 635 g/mol. The maximum atomic E-state index is 15.3. The fraction of sp³-hybridized carbons (Fsp3) is 0.533. The maximum Gasteiger partial charge on any atom is 0.417 e. The number of rotatable bonds is 7. The number of aromatic nitrogens is 2. The van der Waals surface area contributed by atoms with E-state index >= 15 is 4.39 Å². The average Bonchev–Trinajstić information content (AvgIpc) is 3.40. The number of piperazine rings is 1. The van der Waals surface area contributed by atoms with Gasteiger partial charge in [0.25, 0.3) is 5.91 Å². The Morgan fingerprint density at radius 3 is 2.67 bits per heavy atom. The summed E-state index contributed by atoms with van der Waals surface area (Å²) in [5.74, 6) is -2.90. The molecule has 45 heavy (non-hydrogen) atoms. The van der Waals surface area contributed by atoms with Crippen LogP contribution in [0, 0.1) is 24.1 Å². The Bertz CT molecular complexity index is 1530. The van der Waals surface area contributed by atoms with Crippen LogP contribution in [0.3, 0.4) is 0 Å². The lowest BCUT2D eigenvalue weighted by Crippen LogP contribution is -2.55. The van der Waals surface area contributed by atoms with Gasteiger partial charge >= 0.3 is 12.2 Å². The predicted molar refractivity (Wildman–Crippen MR) is 153 cm³/mol. The van der Waals surface area contributed by atoms with E-state index in [1.807, 2.05) is 13.1 Å². The number of nitrogens with two attached hydrogens (primary N) is 1. The Balaban J connectivity index is 1.53. The quantitative estimate of drug-likeness (QED) is 0.271. The fourth-order valence-electron chi connectivity index (χ4n) is 6.38. The van der Waals surface area contributed by atoms with Crippen molar-refractivity contribution in [3.63, 3.8) is 0 Å². The molecule has 2 saturated heterocycles. The molecule has 1 unspecified atom stereocenters. The molecule has 4 heterocycles. The largest absolute Gasteiger partial charge is 0.462 e. The molecule has 0 spiro atoms. The molecular formula is C30H34F5N7O3. The highest BCUT2D eigenvalue weighted by atomic mass is 19.4. The zero-order valence-electron chi connectivity index (χ0n) is 25.0. The molecule has 2 aromatic rings. The summed E-state index contributed by atoms with van der Waals surface area (Å²) in [6, 6.07) is 2.38. The van der Waals surface area contributed by atoms with Crippen molar-refractivity contribution in [3.05, 3.63) is 52.2 Å². The number of hydrogen-bond acceptors (Lipinski definition) is 9. The van der Waals surface area contributed by atoms with E-state index in [1.54, 1.807) is 4.90 Å². The van der Waals surface area contributed by atoms with Gasteiger partial charge in [-0.2, -0.15) is 28.4 Å². The molecule has 10 nitrogen and oxygen atoms in total. The van der Waals surface area contributed by atoms with Crippen molar-refractivity contribution < 1.29 is 36.2 Å². The first kappa shape index (κ1) is 32.4. The van der Waals surface area contributed by atoms with Crippen LogP contribution >= 0.6 is 0 Å². The molecule has 2 N–H and O–H groups in total. The van der Waals surface area contributed by atoms with E-state index in [0.717, 1.165) is 25.5 Å². The van der Waals surface area contributed by atoms with E-state index in [4.69, 9.17) is 15.2 Å². The van der Waals surface area contributed by atoms with Crippen molar-refractivity contribution in [3.8, 4) is 12.1 Å². The van der Waals surface area contributed by atoms with Crippen molar-refractivity contribution in [2.45, 2.75) is 63.6 Å². The molecule has 2 fully saturated rings. The Kier molecular flexibility index (Phi) is 9.18. The van der Waals surface area contributed by atoms with Crippen LogP contribution in [0.25, 0.3) is 0 Å². The number of carbonyl (C=O) groups excluding carboxylic acids is 1. The number of likely N-dealkylation sites (tertiary alicyclic amines) is 1. The summed E-state index contributed by atoms with van der Waals surface area (Å²) in [6.45, 7) is 5.58. The number of ether oxygens (including phenoxy) is 2. The van der Waals surface area contributed by atoms with Gasteiger partial charge in [-0.15, -0.1) is 0 Å². The van der Waals surface area contributed by atoms with Gasteiger partial charge in [0.15, 0.2) is 11.6 Å². The number of alkyl halides is 3. The number of amides is 1. The highest BCUT2D eigenvalue weighted by molar-refractivity contribution is 5.91. The minimum Gasteiger partial charge on any atom is -0.462 e. The number of benzene rings is 1. The van der Waals surface area contributed by atoms with Gasteiger partial charge in [0, 0.05) is 43.2 Å². The Morgan fingerprint density at radius 1 is 1.27 bits per heavy atom. The number of carbonyl (C=O) groups is 1. The normalized spacial score (nSPS) is 22.2. The smallest absolute Gasteiger partial charge is 0.417 e. The van der Waals surface area contributed by atoms with Crippen LogP contribution in [-0.2, 0) is 28.7 Å². The third kappa shape index (κ3) is 6.53. The van der Waals surface area contributed by atoms with Crippen molar-refractivity contribution in [1.82, 2.24) is 19.8 Å². The zero-order valence-corrected chi connectivity index (χ0v) is 25.0. The lowest BCUT2D eigenvalue weighted by Gasteiger charge is -2.42. The molecule has 3 aliphatic rings. The van der Waals surface area contributed by atoms with Gasteiger partial charge in [-0.25, -0.2) is 8.78 Å². The highest BCUT2D eigenvalue weighted by Gasteiger charge is 2.42. The Labute approximate surface area is 257 Å². The number of fused-ring (bicyclic) bond motifs is 1. The van der Waals surface area contributed by atoms with Gasteiger partial charge < -0.3 is 29.9 Å². The molecule has 3 aliphatic heterocycles. The van der Waals surface area contributed by atoms with E-state index in [-0.39, 0.29) is 63.3 Å². The molecule has 1 aromatic carbocycles. The summed E-state index contributed by atoms with van der Waals surface area (Å²) < 4.78 is 83.5. The summed E-state index contributed by atoms with van der Waals surface area (Å²) in [5.41, 5.74) is 4.02. The first-order valence-corrected chi connectivity index (χ1v) is 14.6. The van der Waals surface area contributed by atoms with E-state index < -0.39 is 52.7 Å². The first-order chi connectivity index (χ1) is 21.3. The molecule has 0 radical (unpaired) electrons. The number of anilines is 2. The van der Waals surface area contributed by atoms with E-state index in [9.17, 15) is 27.6 Å². The number of aryl methyl sites for hydroxylation is 1. The minimum atomic E-state index is -4.87. The van der Waals surface area contributed by atoms with Gasteiger partial charge in [-0.3, -0.25) is 4.79 Å². The van der Waals surface area contributed by atoms with Gasteiger partial charge in [0.05, 0.1) is 48.2 Å². The van der Waals surface area contributed by atoms with Gasteiger partial charge in [-0.1, -0.05) is 6.58 Å². The molecule has 3 atom stereocenters. The third-order valence-corrected chi connectivity index (χ3v) is 8.67. The fourth-order valence-corrected chi connectivity index (χ4v) is 6.38. The first-order valence-electron chi connectivity index (χ1n) is 14.6. The maximum absolute atomic E-state index is 15.3. The summed E-state index contributed by atoms with van der Waals surface area (Å²) in [4.78, 5) is 26.8. The van der Waals surface area contributed by atoms with Crippen LogP contribution in [-0.4, -0.2) is 77.6 Å². The molecule has 1 amide bonds. The highest BCUT2D eigenvalue weighted by Crippen LogP contribution is 2.44. The number of nitriles is 1. The molecule has 242 valence electrons. The topological polar surface area (TPSA) is 121 Å². The van der Waals surface area contributed by atoms with Crippen LogP contribution in [0.15, 0.2) is 18.5 Å². The van der Waals surface area contributed by atoms with Crippen LogP contribution in [0.5, 0.6) is 6.01 Å². The predicted octanol–water partition coefficient (Wildman–Crippen LogP) is 4.23. The van der Waals surface area contributed by atoms with Crippen LogP contribution in [0.2, 0.25) is 0 Å². The van der Waals surface area contributed by atoms with Crippen LogP contribution in [0.1, 0.15) is 53.3 Å². The van der Waals surface area contributed by atoms with Gasteiger partial charge in [0.1, 0.15) is 12.4 Å². The van der Waals surface area contributed by atoms with Crippen molar-refractivity contribution in [1.29, 1.82) is 5.26 Å². The van der Waals surface area contributed by atoms with Crippen molar-refractivity contribution in [2.24, 2.45) is 0 Å². The number of hydrogen-bond donors (Lipinski definition) is 1. The van der Waals surface area contributed by atoms with Crippen molar-refractivity contribution in [2.75, 3.05) is 50.5 Å². The standard InChI is InChI=1S/C30H34F5N7O3/c1-16-11-21(37)26(32)24(25(16)30(33,34)35)23-12-22-20(15-44-23)27(39-29(38-22)45-14-19-5-4-8-40(19)3)41-9-10-42(28(43)17(2)31)18(13-41)6-7-36/h11,18-19,23H,2,4-6,8-10,12-15,37H2,1,3H3/t18-,19-,23?/m0/s1. The molecule has 15 heteroatoms.